The van der Waals surface area contributed by atoms with Gasteiger partial charge in [-0.25, -0.2) is 19.6 Å². The number of aromatic carboxylic acids is 1. The predicted octanol–water partition coefficient (Wildman–Crippen LogP) is 2.58. The van der Waals surface area contributed by atoms with E-state index in [0.717, 1.165) is 0 Å². The molecule has 0 saturated carbocycles. The van der Waals surface area contributed by atoms with Crippen molar-refractivity contribution in [3.63, 3.8) is 0 Å². The van der Waals surface area contributed by atoms with Gasteiger partial charge in [0.15, 0.2) is 0 Å². The Bertz CT molecular complexity index is 1070. The molecule has 3 aromatic rings. The van der Waals surface area contributed by atoms with Crippen molar-refractivity contribution in [3.05, 3.63) is 66.1 Å². The average Bonchev–Trinajstić information content (AvgIpc) is 2.73. The van der Waals surface area contributed by atoms with E-state index in [-0.39, 0.29) is 11.4 Å². The molecular weight excluding hydrogens is 378 g/mol. The molecule has 0 atom stereocenters. The molecule has 3 rings (SSSR count). The molecule has 0 unspecified atom stereocenters. The molecule has 0 spiro atoms. The fraction of sp³-hybridized carbons (Fsp3) is 0.100. The molecule has 0 aromatic carbocycles. The van der Waals surface area contributed by atoms with Crippen LogP contribution in [0.2, 0.25) is 0 Å². The van der Waals surface area contributed by atoms with Crippen LogP contribution >= 0.6 is 0 Å². The maximum Gasteiger partial charge on any atom is 0.359 e. The molecular formula is C20H15N3O6. The van der Waals surface area contributed by atoms with E-state index in [9.17, 15) is 19.5 Å². The van der Waals surface area contributed by atoms with Crippen LogP contribution in [0, 0.1) is 0 Å². The van der Waals surface area contributed by atoms with Crippen molar-refractivity contribution in [2.75, 3.05) is 6.79 Å². The molecule has 0 radical (unpaired) electrons. The Balaban J connectivity index is 2.03. The van der Waals surface area contributed by atoms with Crippen LogP contribution in [0.15, 0.2) is 54.7 Å². The Labute approximate surface area is 165 Å². The highest BCUT2D eigenvalue weighted by atomic mass is 16.7. The summed E-state index contributed by atoms with van der Waals surface area (Å²) in [5.74, 6) is -2.54. The van der Waals surface area contributed by atoms with Crippen LogP contribution in [-0.2, 0) is 14.3 Å². The van der Waals surface area contributed by atoms with Crippen molar-refractivity contribution < 1.29 is 29.0 Å². The zero-order chi connectivity index (χ0) is 20.8. The first-order valence-electron chi connectivity index (χ1n) is 8.39. The zero-order valence-electron chi connectivity index (χ0n) is 15.2. The van der Waals surface area contributed by atoms with Gasteiger partial charge < -0.3 is 14.6 Å². The van der Waals surface area contributed by atoms with Crippen molar-refractivity contribution in [3.8, 4) is 22.6 Å². The van der Waals surface area contributed by atoms with Gasteiger partial charge in [-0.2, -0.15) is 0 Å². The van der Waals surface area contributed by atoms with E-state index in [4.69, 9.17) is 4.74 Å². The van der Waals surface area contributed by atoms with Gasteiger partial charge in [0, 0.05) is 18.7 Å². The number of aromatic nitrogens is 3. The summed E-state index contributed by atoms with van der Waals surface area (Å²) in [6, 6.07) is 12.7. The predicted molar refractivity (Wildman–Crippen MR) is 99.7 cm³/mol. The van der Waals surface area contributed by atoms with Gasteiger partial charge in [-0.3, -0.25) is 9.78 Å². The van der Waals surface area contributed by atoms with E-state index in [1.165, 1.54) is 19.1 Å². The smallest absolute Gasteiger partial charge is 0.359 e. The molecule has 3 heterocycles. The monoisotopic (exact) mass is 393 g/mol. The number of esters is 2. The summed E-state index contributed by atoms with van der Waals surface area (Å²) >= 11 is 0. The minimum Gasteiger partial charge on any atom is -0.477 e. The molecule has 9 nitrogen and oxygen atoms in total. The molecule has 1 N–H and O–H groups in total. The molecule has 146 valence electrons. The molecule has 0 bridgehead atoms. The van der Waals surface area contributed by atoms with Crippen molar-refractivity contribution in [1.29, 1.82) is 0 Å². The van der Waals surface area contributed by atoms with Crippen LogP contribution in [0.1, 0.15) is 27.9 Å². The SMILES string of the molecule is CC(=O)OCOC(=O)c1ccc(-c2cccc(C(=O)O)n2)c(-c2ccccn2)n1. The van der Waals surface area contributed by atoms with Crippen LogP contribution in [0.4, 0.5) is 0 Å². The van der Waals surface area contributed by atoms with Gasteiger partial charge >= 0.3 is 17.9 Å². The molecule has 29 heavy (non-hydrogen) atoms. The van der Waals surface area contributed by atoms with Gasteiger partial charge in [-0.1, -0.05) is 12.1 Å². The highest BCUT2D eigenvalue weighted by Crippen LogP contribution is 2.29. The molecule has 0 aliphatic carbocycles. The second-order valence-electron chi connectivity index (χ2n) is 5.71. The average molecular weight is 393 g/mol. The Morgan fingerprint density at radius 1 is 0.897 bits per heavy atom. The molecule has 0 aliphatic heterocycles. The number of carboxylic acid groups (broad SMARTS) is 1. The van der Waals surface area contributed by atoms with Gasteiger partial charge in [0.05, 0.1) is 17.1 Å². The first-order chi connectivity index (χ1) is 14.0. The third kappa shape index (κ3) is 4.78. The van der Waals surface area contributed by atoms with Gasteiger partial charge in [0.1, 0.15) is 11.4 Å². The van der Waals surface area contributed by atoms with Gasteiger partial charge in [0.2, 0.25) is 6.79 Å². The Hall–Kier alpha value is -4.14. The largest absolute Gasteiger partial charge is 0.477 e. The summed E-state index contributed by atoms with van der Waals surface area (Å²) in [4.78, 5) is 47.0. The summed E-state index contributed by atoms with van der Waals surface area (Å²) in [6.45, 7) is 0.664. The maximum absolute atomic E-state index is 12.2. The molecule has 3 aromatic heterocycles. The molecule has 0 saturated heterocycles. The number of rotatable bonds is 6. The maximum atomic E-state index is 12.2. The lowest BCUT2D eigenvalue weighted by Gasteiger charge is -2.11. The van der Waals surface area contributed by atoms with Crippen LogP contribution in [-0.4, -0.2) is 44.8 Å². The lowest BCUT2D eigenvalue weighted by molar-refractivity contribution is -0.149. The van der Waals surface area contributed by atoms with Crippen molar-refractivity contribution >= 4 is 17.9 Å². The number of hydrogen-bond acceptors (Lipinski definition) is 8. The van der Waals surface area contributed by atoms with E-state index in [1.54, 1.807) is 42.6 Å². The number of pyridine rings is 3. The summed E-state index contributed by atoms with van der Waals surface area (Å²) < 4.78 is 9.46. The van der Waals surface area contributed by atoms with E-state index in [2.05, 4.69) is 19.7 Å². The minimum absolute atomic E-state index is 0.0315. The van der Waals surface area contributed by atoms with E-state index in [1.807, 2.05) is 0 Å². The van der Waals surface area contributed by atoms with E-state index < -0.39 is 24.7 Å². The molecule has 9 heteroatoms. The standard InChI is InChI=1S/C20H15N3O6/c1-12(24)28-11-29-20(27)17-9-8-13(14-6-4-7-16(22-14)19(25)26)18(23-17)15-5-2-3-10-21-15/h2-10H,11H2,1H3,(H,25,26). The summed E-state index contributed by atoms with van der Waals surface area (Å²) in [5.41, 5.74) is 1.47. The fourth-order valence-corrected chi connectivity index (χ4v) is 2.42. The van der Waals surface area contributed by atoms with Crippen LogP contribution in [0.25, 0.3) is 22.6 Å². The zero-order valence-corrected chi connectivity index (χ0v) is 15.2. The van der Waals surface area contributed by atoms with Crippen LogP contribution < -0.4 is 0 Å². The number of nitrogens with zero attached hydrogens (tertiary/aromatic N) is 3. The summed E-state index contributed by atoms with van der Waals surface area (Å²) in [5, 5.41) is 9.19. The highest BCUT2D eigenvalue weighted by molar-refractivity contribution is 5.90. The Morgan fingerprint density at radius 2 is 1.69 bits per heavy atom. The number of hydrogen-bond donors (Lipinski definition) is 1. The lowest BCUT2D eigenvalue weighted by atomic mass is 10.1. The third-order valence-corrected chi connectivity index (χ3v) is 3.71. The van der Waals surface area contributed by atoms with Gasteiger partial charge in [-0.15, -0.1) is 0 Å². The first-order valence-corrected chi connectivity index (χ1v) is 8.39. The second kappa shape index (κ2) is 8.70. The fourth-order valence-electron chi connectivity index (χ4n) is 2.42. The number of carboxylic acids is 1. The Morgan fingerprint density at radius 3 is 2.38 bits per heavy atom. The Kier molecular flexibility index (Phi) is 5.88. The number of ether oxygens (including phenoxy) is 2. The summed E-state index contributed by atoms with van der Waals surface area (Å²) in [6.07, 6.45) is 1.56. The van der Waals surface area contributed by atoms with Crippen molar-refractivity contribution in [1.82, 2.24) is 15.0 Å². The normalized spacial score (nSPS) is 10.2. The van der Waals surface area contributed by atoms with Gasteiger partial charge in [0.25, 0.3) is 0 Å². The van der Waals surface area contributed by atoms with Gasteiger partial charge in [-0.05, 0) is 36.4 Å². The van der Waals surface area contributed by atoms with Crippen molar-refractivity contribution in [2.24, 2.45) is 0 Å². The highest BCUT2D eigenvalue weighted by Gasteiger charge is 2.18. The third-order valence-electron chi connectivity index (χ3n) is 3.71. The minimum atomic E-state index is -1.16. The molecule has 0 aliphatic rings. The lowest BCUT2D eigenvalue weighted by Crippen LogP contribution is -2.13. The topological polar surface area (TPSA) is 129 Å². The summed E-state index contributed by atoms with van der Waals surface area (Å²) in [7, 11) is 0. The molecule has 0 amide bonds. The molecule has 0 fully saturated rings. The van der Waals surface area contributed by atoms with Crippen LogP contribution in [0.3, 0.4) is 0 Å². The van der Waals surface area contributed by atoms with Crippen LogP contribution in [0.5, 0.6) is 0 Å². The second-order valence-corrected chi connectivity index (χ2v) is 5.71. The first kappa shape index (κ1) is 19.6. The van der Waals surface area contributed by atoms with Crippen molar-refractivity contribution in [2.45, 2.75) is 6.92 Å². The van der Waals surface area contributed by atoms with E-state index in [0.29, 0.717) is 22.6 Å². The quantitative estimate of drug-likeness (QED) is 0.496. The number of carbonyl (C=O) groups is 3. The number of carbonyl (C=O) groups excluding carboxylic acids is 2. The van der Waals surface area contributed by atoms with E-state index >= 15 is 0 Å².